The van der Waals surface area contributed by atoms with Gasteiger partial charge in [-0.3, -0.25) is 14.5 Å². The Morgan fingerprint density at radius 1 is 1.21 bits per heavy atom. The Morgan fingerprint density at radius 3 is 2.59 bits per heavy atom. The lowest BCUT2D eigenvalue weighted by molar-refractivity contribution is -0.124. The molecular formula is C23H36N4O2. The van der Waals surface area contributed by atoms with Crippen LogP contribution in [-0.4, -0.2) is 71.8 Å². The number of carbonyl (C=O) groups excluding carboxylic acids is 2. The zero-order valence-electron chi connectivity index (χ0n) is 18.6. The molecule has 0 aliphatic carbocycles. The van der Waals surface area contributed by atoms with Gasteiger partial charge < -0.3 is 9.80 Å². The molecule has 1 unspecified atom stereocenters. The van der Waals surface area contributed by atoms with Gasteiger partial charge in [-0.15, -0.1) is 0 Å². The molecule has 29 heavy (non-hydrogen) atoms. The highest BCUT2D eigenvalue weighted by atomic mass is 16.2. The van der Waals surface area contributed by atoms with Crippen LogP contribution in [0.1, 0.15) is 57.3 Å². The lowest BCUT2D eigenvalue weighted by Crippen LogP contribution is -2.57. The second-order valence-electron chi connectivity index (χ2n) is 9.72. The van der Waals surface area contributed by atoms with Gasteiger partial charge >= 0.3 is 0 Å². The van der Waals surface area contributed by atoms with E-state index >= 15 is 0 Å². The molecule has 1 aromatic heterocycles. The van der Waals surface area contributed by atoms with Crippen LogP contribution in [-0.2, 0) is 4.79 Å². The molecule has 0 spiro atoms. The molecule has 0 N–H and O–H groups in total. The van der Waals surface area contributed by atoms with Crippen molar-refractivity contribution in [3.05, 3.63) is 23.9 Å². The van der Waals surface area contributed by atoms with Gasteiger partial charge in [-0.2, -0.15) is 0 Å². The van der Waals surface area contributed by atoms with E-state index in [1.807, 2.05) is 17.0 Å². The van der Waals surface area contributed by atoms with Gasteiger partial charge in [0.25, 0.3) is 5.91 Å². The number of ketones is 1. The highest BCUT2D eigenvalue weighted by Crippen LogP contribution is 2.25. The SMILES string of the molecule is CC(C)CC(=O)C1CCCN(C(=O)c2ccc(N3CCN(C)C(C)(C)C3)nc2)C1. The number of pyridine rings is 1. The van der Waals surface area contributed by atoms with Crippen molar-refractivity contribution >= 4 is 17.5 Å². The predicted octanol–water partition coefficient (Wildman–Crippen LogP) is 3.08. The Morgan fingerprint density at radius 2 is 1.97 bits per heavy atom. The molecule has 6 nitrogen and oxygen atoms in total. The topological polar surface area (TPSA) is 56.8 Å². The monoisotopic (exact) mass is 400 g/mol. The summed E-state index contributed by atoms with van der Waals surface area (Å²) in [4.78, 5) is 36.5. The smallest absolute Gasteiger partial charge is 0.255 e. The number of carbonyl (C=O) groups is 2. The summed E-state index contributed by atoms with van der Waals surface area (Å²) in [6.07, 6.45) is 4.08. The lowest BCUT2D eigenvalue weighted by atomic mass is 9.89. The quantitative estimate of drug-likeness (QED) is 0.760. The Bertz CT molecular complexity index is 729. The van der Waals surface area contributed by atoms with E-state index in [0.29, 0.717) is 30.2 Å². The van der Waals surface area contributed by atoms with E-state index in [1.54, 1.807) is 6.20 Å². The van der Waals surface area contributed by atoms with Crippen molar-refractivity contribution in [2.45, 2.75) is 52.5 Å². The third-order valence-corrected chi connectivity index (χ3v) is 6.41. The number of likely N-dealkylation sites (tertiary alicyclic amines) is 1. The molecule has 1 atom stereocenters. The van der Waals surface area contributed by atoms with Crippen molar-refractivity contribution in [1.29, 1.82) is 0 Å². The van der Waals surface area contributed by atoms with Crippen LogP contribution in [0.2, 0.25) is 0 Å². The highest BCUT2D eigenvalue weighted by Gasteiger charge is 2.32. The average molecular weight is 401 g/mol. The number of amides is 1. The van der Waals surface area contributed by atoms with Crippen molar-refractivity contribution in [2.75, 3.05) is 44.7 Å². The maximum atomic E-state index is 13.0. The highest BCUT2D eigenvalue weighted by molar-refractivity contribution is 5.94. The Hall–Kier alpha value is -1.95. The summed E-state index contributed by atoms with van der Waals surface area (Å²) < 4.78 is 0. The number of hydrogen-bond acceptors (Lipinski definition) is 5. The molecule has 6 heteroatoms. The normalized spacial score (nSPS) is 22.8. The van der Waals surface area contributed by atoms with Crippen molar-refractivity contribution in [3.63, 3.8) is 0 Å². The number of piperidine rings is 1. The van der Waals surface area contributed by atoms with Crippen LogP contribution in [0.15, 0.2) is 18.3 Å². The van der Waals surface area contributed by atoms with Gasteiger partial charge in [-0.25, -0.2) is 4.98 Å². The third-order valence-electron chi connectivity index (χ3n) is 6.41. The minimum absolute atomic E-state index is 0.00944. The van der Waals surface area contributed by atoms with E-state index in [-0.39, 0.29) is 17.4 Å². The molecule has 1 amide bonds. The molecule has 2 fully saturated rings. The van der Waals surface area contributed by atoms with Crippen molar-refractivity contribution in [1.82, 2.24) is 14.8 Å². The third kappa shape index (κ3) is 5.16. The predicted molar refractivity (Wildman–Crippen MR) is 116 cm³/mol. The van der Waals surface area contributed by atoms with E-state index < -0.39 is 0 Å². The molecule has 2 saturated heterocycles. The first-order valence-corrected chi connectivity index (χ1v) is 10.9. The van der Waals surface area contributed by atoms with Gasteiger partial charge in [0.2, 0.25) is 0 Å². The lowest BCUT2D eigenvalue weighted by Gasteiger charge is -2.45. The Kier molecular flexibility index (Phi) is 6.62. The molecule has 2 aliphatic heterocycles. The fourth-order valence-corrected chi connectivity index (χ4v) is 4.31. The van der Waals surface area contributed by atoms with Crippen LogP contribution in [0.5, 0.6) is 0 Å². The van der Waals surface area contributed by atoms with Crippen molar-refractivity contribution in [3.8, 4) is 0 Å². The summed E-state index contributed by atoms with van der Waals surface area (Å²) in [6.45, 7) is 12.7. The van der Waals surface area contributed by atoms with Crippen molar-refractivity contribution in [2.24, 2.45) is 11.8 Å². The number of nitrogens with zero attached hydrogens (tertiary/aromatic N) is 4. The van der Waals surface area contributed by atoms with Crippen LogP contribution in [0.3, 0.4) is 0 Å². The molecule has 3 rings (SSSR count). The zero-order chi connectivity index (χ0) is 21.2. The molecule has 1 aromatic rings. The van der Waals surface area contributed by atoms with E-state index in [9.17, 15) is 9.59 Å². The molecule has 2 aliphatic rings. The van der Waals surface area contributed by atoms with Gasteiger partial charge in [0.1, 0.15) is 11.6 Å². The van der Waals surface area contributed by atoms with Crippen LogP contribution in [0, 0.1) is 11.8 Å². The second kappa shape index (κ2) is 8.82. The number of Topliss-reactive ketones (excluding diaryl/α,β-unsaturated/α-hetero) is 1. The molecule has 3 heterocycles. The molecule has 0 saturated carbocycles. The van der Waals surface area contributed by atoms with Crippen LogP contribution < -0.4 is 4.90 Å². The first-order chi connectivity index (χ1) is 13.7. The molecular weight excluding hydrogens is 364 g/mol. The number of hydrogen-bond donors (Lipinski definition) is 0. The Balaban J connectivity index is 1.63. The van der Waals surface area contributed by atoms with Gasteiger partial charge in [-0.05, 0) is 51.8 Å². The first-order valence-electron chi connectivity index (χ1n) is 10.9. The summed E-state index contributed by atoms with van der Waals surface area (Å²) in [5.74, 6) is 1.56. The van der Waals surface area contributed by atoms with Gasteiger partial charge in [0, 0.05) is 56.8 Å². The molecule has 160 valence electrons. The zero-order valence-corrected chi connectivity index (χ0v) is 18.6. The standard InChI is InChI=1S/C23H36N4O2/c1-17(2)13-20(28)19-7-6-10-26(15-19)22(29)18-8-9-21(24-14-18)27-12-11-25(5)23(3,4)16-27/h8-9,14,17,19H,6-7,10-13,15-16H2,1-5H3. The summed E-state index contributed by atoms with van der Waals surface area (Å²) >= 11 is 0. The largest absolute Gasteiger partial charge is 0.354 e. The van der Waals surface area contributed by atoms with Crippen LogP contribution in [0.4, 0.5) is 5.82 Å². The first kappa shape index (κ1) is 21.8. The summed E-state index contributed by atoms with van der Waals surface area (Å²) in [6, 6.07) is 3.84. The number of piperazine rings is 1. The van der Waals surface area contributed by atoms with E-state index in [2.05, 4.69) is 49.5 Å². The minimum atomic E-state index is -0.0186. The summed E-state index contributed by atoms with van der Waals surface area (Å²) in [7, 11) is 2.16. The summed E-state index contributed by atoms with van der Waals surface area (Å²) in [5.41, 5.74) is 0.707. The molecule has 0 bridgehead atoms. The fraction of sp³-hybridized carbons (Fsp3) is 0.696. The number of anilines is 1. The number of rotatable bonds is 5. The van der Waals surface area contributed by atoms with Crippen LogP contribution >= 0.6 is 0 Å². The van der Waals surface area contributed by atoms with E-state index in [0.717, 1.165) is 44.8 Å². The summed E-state index contributed by atoms with van der Waals surface area (Å²) in [5, 5.41) is 0. The van der Waals surface area contributed by atoms with Gasteiger partial charge in [0.05, 0.1) is 5.56 Å². The Labute approximate surface area is 175 Å². The minimum Gasteiger partial charge on any atom is -0.354 e. The van der Waals surface area contributed by atoms with Gasteiger partial charge in [0.15, 0.2) is 0 Å². The van der Waals surface area contributed by atoms with E-state index in [4.69, 9.17) is 0 Å². The molecule has 0 aromatic carbocycles. The average Bonchev–Trinajstić information content (AvgIpc) is 2.69. The molecule has 0 radical (unpaired) electrons. The van der Waals surface area contributed by atoms with Crippen molar-refractivity contribution < 1.29 is 9.59 Å². The fourth-order valence-electron chi connectivity index (χ4n) is 4.31. The number of aromatic nitrogens is 1. The number of likely N-dealkylation sites (N-methyl/N-ethyl adjacent to an activating group) is 1. The second-order valence-corrected chi connectivity index (χ2v) is 9.72. The maximum absolute atomic E-state index is 13.0. The van der Waals surface area contributed by atoms with E-state index in [1.165, 1.54) is 0 Å². The maximum Gasteiger partial charge on any atom is 0.255 e. The van der Waals surface area contributed by atoms with Crippen LogP contribution in [0.25, 0.3) is 0 Å². The van der Waals surface area contributed by atoms with Gasteiger partial charge in [-0.1, -0.05) is 13.8 Å².